The summed E-state index contributed by atoms with van der Waals surface area (Å²) in [5.41, 5.74) is 0. The van der Waals surface area contributed by atoms with E-state index in [4.69, 9.17) is 0 Å². The molecule has 1 heterocycles. The van der Waals surface area contributed by atoms with Gasteiger partial charge in [0.25, 0.3) is 0 Å². The Bertz CT molecular complexity index is 337. The van der Waals surface area contributed by atoms with Gasteiger partial charge in [-0.3, -0.25) is 0 Å². The molecular weight excluding hydrogens is 222 g/mol. The molecule has 1 atom stereocenters. The fourth-order valence-corrected chi connectivity index (χ4v) is 3.18. The second-order valence-corrected chi connectivity index (χ2v) is 5.51. The van der Waals surface area contributed by atoms with Gasteiger partial charge in [0.15, 0.2) is 0 Å². The molecule has 18 heavy (non-hydrogen) atoms. The van der Waals surface area contributed by atoms with E-state index >= 15 is 0 Å². The number of hydrogen-bond acceptors (Lipinski definition) is 2. The highest BCUT2D eigenvalue weighted by Gasteiger charge is 2.21. The summed E-state index contributed by atoms with van der Waals surface area (Å²) in [4.78, 5) is 4.55. The first-order valence-corrected chi connectivity index (χ1v) is 7.53. The first-order valence-electron chi connectivity index (χ1n) is 7.53. The van der Waals surface area contributed by atoms with Crippen molar-refractivity contribution in [2.75, 3.05) is 7.05 Å². The zero-order valence-electron chi connectivity index (χ0n) is 11.9. The van der Waals surface area contributed by atoms with Crippen LogP contribution in [0.1, 0.15) is 63.7 Å². The molecule has 0 spiro atoms. The Labute approximate surface area is 111 Å². The summed E-state index contributed by atoms with van der Waals surface area (Å²) in [6, 6.07) is 0.419. The Morgan fingerprint density at radius 1 is 1.33 bits per heavy atom. The molecule has 102 valence electrons. The van der Waals surface area contributed by atoms with Crippen LogP contribution in [0.4, 0.5) is 0 Å². The zero-order valence-corrected chi connectivity index (χ0v) is 11.9. The predicted octanol–water partition coefficient (Wildman–Crippen LogP) is 3.52. The molecule has 1 aliphatic carbocycles. The maximum Gasteiger partial charge on any atom is 0.125 e. The lowest BCUT2D eigenvalue weighted by atomic mass is 9.92. The van der Waals surface area contributed by atoms with Crippen LogP contribution >= 0.6 is 0 Å². The lowest BCUT2D eigenvalue weighted by Gasteiger charge is -2.22. The van der Waals surface area contributed by atoms with Crippen molar-refractivity contribution in [2.45, 2.75) is 64.5 Å². The first kappa shape index (κ1) is 13.6. The van der Waals surface area contributed by atoms with Gasteiger partial charge < -0.3 is 9.88 Å². The van der Waals surface area contributed by atoms with E-state index in [-0.39, 0.29) is 0 Å². The normalized spacial score (nSPS) is 19.7. The van der Waals surface area contributed by atoms with Gasteiger partial charge in [-0.05, 0) is 26.3 Å². The minimum absolute atomic E-state index is 0.419. The molecule has 0 saturated heterocycles. The van der Waals surface area contributed by atoms with Crippen LogP contribution in [0.2, 0.25) is 0 Å². The summed E-state index contributed by atoms with van der Waals surface area (Å²) in [5, 5.41) is 3.46. The predicted molar refractivity (Wildman–Crippen MR) is 75.5 cm³/mol. The van der Waals surface area contributed by atoms with E-state index < -0.39 is 0 Å². The second-order valence-electron chi connectivity index (χ2n) is 5.51. The van der Waals surface area contributed by atoms with E-state index in [1.165, 1.54) is 50.8 Å². The molecule has 1 fully saturated rings. The molecule has 3 nitrogen and oxygen atoms in total. The summed E-state index contributed by atoms with van der Waals surface area (Å²) in [5.74, 6) is 2.09. The Kier molecular flexibility index (Phi) is 5.24. The molecule has 0 aromatic carbocycles. The standard InChI is InChI=1S/C15H27N3/c1-3-18-11-10-17-15(18)14(16-2)12-13-8-6-4-5-7-9-13/h10-11,13-14,16H,3-9,12H2,1-2H3. The van der Waals surface area contributed by atoms with E-state index in [2.05, 4.69) is 35.0 Å². The third kappa shape index (κ3) is 3.35. The molecule has 0 bridgehead atoms. The van der Waals surface area contributed by atoms with Crippen molar-refractivity contribution in [2.24, 2.45) is 5.92 Å². The third-order valence-corrected chi connectivity index (χ3v) is 4.29. The number of hydrogen-bond donors (Lipinski definition) is 1. The van der Waals surface area contributed by atoms with Crippen LogP contribution in [0.5, 0.6) is 0 Å². The number of aryl methyl sites for hydroxylation is 1. The van der Waals surface area contributed by atoms with Gasteiger partial charge in [0.05, 0.1) is 6.04 Å². The van der Waals surface area contributed by atoms with E-state index in [1.54, 1.807) is 0 Å². The fourth-order valence-electron chi connectivity index (χ4n) is 3.18. The van der Waals surface area contributed by atoms with Crippen molar-refractivity contribution in [3.05, 3.63) is 18.2 Å². The molecule has 0 radical (unpaired) electrons. The Hall–Kier alpha value is -0.830. The number of rotatable bonds is 5. The average molecular weight is 249 g/mol. The topological polar surface area (TPSA) is 29.9 Å². The van der Waals surface area contributed by atoms with Crippen LogP contribution in [0.25, 0.3) is 0 Å². The summed E-state index contributed by atoms with van der Waals surface area (Å²) in [6.45, 7) is 3.20. The maximum absolute atomic E-state index is 4.55. The average Bonchev–Trinajstić information content (AvgIpc) is 2.72. The molecule has 2 rings (SSSR count). The van der Waals surface area contributed by atoms with Gasteiger partial charge >= 0.3 is 0 Å². The van der Waals surface area contributed by atoms with Gasteiger partial charge in [0.2, 0.25) is 0 Å². The van der Waals surface area contributed by atoms with E-state index in [0.717, 1.165) is 12.5 Å². The Morgan fingerprint density at radius 2 is 2.06 bits per heavy atom. The van der Waals surface area contributed by atoms with Crippen LogP contribution in [0, 0.1) is 5.92 Å². The maximum atomic E-state index is 4.55. The summed E-state index contributed by atoms with van der Waals surface area (Å²) < 4.78 is 2.26. The molecule has 1 aromatic rings. The van der Waals surface area contributed by atoms with Crippen molar-refractivity contribution in [3.8, 4) is 0 Å². The van der Waals surface area contributed by atoms with Crippen molar-refractivity contribution in [1.29, 1.82) is 0 Å². The van der Waals surface area contributed by atoms with Gasteiger partial charge in [0.1, 0.15) is 5.82 Å². The molecule has 0 aliphatic heterocycles. The zero-order chi connectivity index (χ0) is 12.8. The first-order chi connectivity index (χ1) is 8.85. The highest BCUT2D eigenvalue weighted by atomic mass is 15.1. The fraction of sp³-hybridized carbons (Fsp3) is 0.800. The summed E-state index contributed by atoms with van der Waals surface area (Å²) in [6.07, 6.45) is 13.8. The number of nitrogens with zero attached hydrogens (tertiary/aromatic N) is 2. The smallest absolute Gasteiger partial charge is 0.125 e. The lowest BCUT2D eigenvalue weighted by Crippen LogP contribution is -2.23. The van der Waals surface area contributed by atoms with E-state index in [0.29, 0.717) is 6.04 Å². The molecule has 1 unspecified atom stereocenters. The Balaban J connectivity index is 1.99. The highest BCUT2D eigenvalue weighted by molar-refractivity contribution is 4.99. The second kappa shape index (κ2) is 6.93. The van der Waals surface area contributed by atoms with Crippen LogP contribution in [0.15, 0.2) is 12.4 Å². The van der Waals surface area contributed by atoms with Crippen molar-refractivity contribution >= 4 is 0 Å². The minimum atomic E-state index is 0.419. The molecule has 3 heteroatoms. The van der Waals surface area contributed by atoms with Crippen molar-refractivity contribution in [1.82, 2.24) is 14.9 Å². The van der Waals surface area contributed by atoms with Gasteiger partial charge in [0, 0.05) is 18.9 Å². The molecule has 1 aliphatic rings. The largest absolute Gasteiger partial charge is 0.334 e. The molecular formula is C15H27N3. The van der Waals surface area contributed by atoms with E-state index in [9.17, 15) is 0 Å². The molecule has 1 saturated carbocycles. The number of aromatic nitrogens is 2. The molecule has 1 aromatic heterocycles. The highest BCUT2D eigenvalue weighted by Crippen LogP contribution is 2.30. The van der Waals surface area contributed by atoms with Gasteiger partial charge in [-0.2, -0.15) is 0 Å². The number of imidazole rings is 1. The van der Waals surface area contributed by atoms with Crippen molar-refractivity contribution in [3.63, 3.8) is 0 Å². The third-order valence-electron chi connectivity index (χ3n) is 4.29. The summed E-state index contributed by atoms with van der Waals surface area (Å²) in [7, 11) is 2.07. The SMILES string of the molecule is CCn1ccnc1C(CC1CCCCCC1)NC. The van der Waals surface area contributed by atoms with Crippen molar-refractivity contribution < 1.29 is 0 Å². The van der Waals surface area contributed by atoms with Crippen LogP contribution in [-0.2, 0) is 6.54 Å². The van der Waals surface area contributed by atoms with Crippen LogP contribution < -0.4 is 5.32 Å². The molecule has 1 N–H and O–H groups in total. The van der Waals surface area contributed by atoms with Gasteiger partial charge in [-0.25, -0.2) is 4.98 Å². The summed E-state index contributed by atoms with van der Waals surface area (Å²) >= 11 is 0. The Morgan fingerprint density at radius 3 is 2.67 bits per heavy atom. The van der Waals surface area contributed by atoms with Gasteiger partial charge in [-0.15, -0.1) is 0 Å². The minimum Gasteiger partial charge on any atom is -0.334 e. The van der Waals surface area contributed by atoms with E-state index in [1.807, 2.05) is 6.20 Å². The quantitative estimate of drug-likeness (QED) is 0.809. The lowest BCUT2D eigenvalue weighted by molar-refractivity contribution is 0.353. The molecule has 0 amide bonds. The monoisotopic (exact) mass is 249 g/mol. The van der Waals surface area contributed by atoms with Crippen LogP contribution in [0.3, 0.4) is 0 Å². The van der Waals surface area contributed by atoms with Crippen LogP contribution in [-0.4, -0.2) is 16.6 Å². The number of nitrogens with one attached hydrogen (secondary N) is 1. The van der Waals surface area contributed by atoms with Gasteiger partial charge in [-0.1, -0.05) is 38.5 Å².